The van der Waals surface area contributed by atoms with Crippen LogP contribution in [-0.2, 0) is 11.2 Å². The number of carbonyl (C=O) groups is 1. The fourth-order valence-corrected chi connectivity index (χ4v) is 3.10. The number of carboxylic acids is 1. The van der Waals surface area contributed by atoms with Crippen LogP contribution in [-0.4, -0.2) is 16.1 Å². The molecule has 1 aromatic carbocycles. The van der Waals surface area contributed by atoms with Crippen molar-refractivity contribution in [2.24, 2.45) is 0 Å². The topological polar surface area (TPSA) is 50.2 Å². The third kappa shape index (κ3) is 3.38. The molecule has 21 heavy (non-hydrogen) atoms. The van der Waals surface area contributed by atoms with Crippen molar-refractivity contribution in [3.8, 4) is 11.1 Å². The van der Waals surface area contributed by atoms with E-state index in [4.69, 9.17) is 63.1 Å². The lowest BCUT2D eigenvalue weighted by Gasteiger charge is -2.13. The fourth-order valence-electron chi connectivity index (χ4n) is 1.74. The normalized spacial score (nSPS) is 10.7. The van der Waals surface area contributed by atoms with Gasteiger partial charge in [-0.25, -0.2) is 0 Å². The molecule has 0 aliphatic carbocycles. The van der Waals surface area contributed by atoms with Gasteiger partial charge in [0.1, 0.15) is 0 Å². The number of nitrogens with zero attached hydrogens (tertiary/aromatic N) is 1. The highest BCUT2D eigenvalue weighted by Crippen LogP contribution is 2.48. The number of aliphatic carboxylic acids is 1. The average molecular weight is 385 g/mol. The first-order valence-electron chi connectivity index (χ1n) is 5.51. The van der Waals surface area contributed by atoms with Crippen LogP contribution in [0.5, 0.6) is 0 Å². The summed E-state index contributed by atoms with van der Waals surface area (Å²) in [5.41, 5.74) is 1.29. The van der Waals surface area contributed by atoms with Crippen LogP contribution >= 0.6 is 58.0 Å². The maximum Gasteiger partial charge on any atom is 0.309 e. The lowest BCUT2D eigenvalue weighted by Crippen LogP contribution is -2.02. The molecular formula is C13H6Cl5NO2. The van der Waals surface area contributed by atoms with E-state index in [2.05, 4.69) is 4.98 Å². The second-order valence-electron chi connectivity index (χ2n) is 4.05. The predicted molar refractivity (Wildman–Crippen MR) is 86.1 cm³/mol. The van der Waals surface area contributed by atoms with Gasteiger partial charge in [-0.3, -0.25) is 9.78 Å². The monoisotopic (exact) mass is 383 g/mol. The summed E-state index contributed by atoms with van der Waals surface area (Å²) in [6.07, 6.45) is 1.23. The third-order valence-electron chi connectivity index (χ3n) is 2.65. The lowest BCUT2D eigenvalue weighted by molar-refractivity contribution is -0.136. The molecule has 1 heterocycles. The zero-order chi connectivity index (χ0) is 15.7. The molecule has 0 spiro atoms. The van der Waals surface area contributed by atoms with Crippen molar-refractivity contribution in [1.82, 2.24) is 4.98 Å². The number of hydrogen-bond acceptors (Lipinski definition) is 2. The summed E-state index contributed by atoms with van der Waals surface area (Å²) in [6, 6.07) is 3.18. The van der Waals surface area contributed by atoms with E-state index in [0.717, 1.165) is 0 Å². The van der Waals surface area contributed by atoms with Gasteiger partial charge in [-0.2, -0.15) is 0 Å². The first kappa shape index (κ1) is 16.7. The Balaban J connectivity index is 2.65. The van der Waals surface area contributed by atoms with E-state index in [1.807, 2.05) is 0 Å². The van der Waals surface area contributed by atoms with E-state index in [-0.39, 0.29) is 31.5 Å². The summed E-state index contributed by atoms with van der Waals surface area (Å²) in [7, 11) is 0. The van der Waals surface area contributed by atoms with E-state index in [1.54, 1.807) is 12.1 Å². The summed E-state index contributed by atoms with van der Waals surface area (Å²) >= 11 is 30.3. The Labute approximate surface area is 145 Å². The van der Waals surface area contributed by atoms with E-state index >= 15 is 0 Å². The van der Waals surface area contributed by atoms with Crippen molar-refractivity contribution in [2.75, 3.05) is 0 Å². The van der Waals surface area contributed by atoms with Crippen molar-refractivity contribution in [2.45, 2.75) is 6.42 Å². The zero-order valence-electron chi connectivity index (χ0n) is 10.1. The predicted octanol–water partition coefficient (Wildman–Crippen LogP) is 5.64. The second kappa shape index (κ2) is 6.59. The van der Waals surface area contributed by atoms with E-state index < -0.39 is 5.97 Å². The smallest absolute Gasteiger partial charge is 0.309 e. The number of hydrogen-bond donors (Lipinski definition) is 1. The van der Waals surface area contributed by atoms with Crippen molar-refractivity contribution in [3.63, 3.8) is 0 Å². The number of benzene rings is 1. The first-order chi connectivity index (χ1) is 9.82. The summed E-state index contributed by atoms with van der Waals surface area (Å²) in [5, 5.41) is 9.33. The van der Waals surface area contributed by atoms with E-state index in [9.17, 15) is 4.79 Å². The molecule has 2 rings (SSSR count). The molecule has 0 aliphatic rings. The van der Waals surface area contributed by atoms with E-state index in [0.29, 0.717) is 16.8 Å². The highest BCUT2D eigenvalue weighted by Gasteiger charge is 2.20. The van der Waals surface area contributed by atoms with Gasteiger partial charge in [-0.1, -0.05) is 58.0 Å². The van der Waals surface area contributed by atoms with Crippen molar-refractivity contribution in [1.29, 1.82) is 0 Å². The van der Waals surface area contributed by atoms with Gasteiger partial charge in [-0.15, -0.1) is 0 Å². The Hall–Kier alpha value is -0.710. The average Bonchev–Trinajstić information content (AvgIpc) is 2.43. The van der Waals surface area contributed by atoms with E-state index in [1.165, 1.54) is 6.20 Å². The molecule has 1 aromatic heterocycles. The van der Waals surface area contributed by atoms with Gasteiger partial charge >= 0.3 is 5.97 Å². The molecule has 3 nitrogen and oxygen atoms in total. The molecule has 0 bridgehead atoms. The van der Waals surface area contributed by atoms with Crippen LogP contribution < -0.4 is 0 Å². The number of carboxylic acid groups (broad SMARTS) is 1. The van der Waals surface area contributed by atoms with Crippen LogP contribution in [0.15, 0.2) is 18.3 Å². The number of pyridine rings is 1. The highest BCUT2D eigenvalue weighted by atomic mass is 35.5. The molecule has 0 saturated carbocycles. The minimum absolute atomic E-state index is 0.0666. The van der Waals surface area contributed by atoms with Crippen LogP contribution in [0.3, 0.4) is 0 Å². The Kier molecular flexibility index (Phi) is 5.23. The van der Waals surface area contributed by atoms with Gasteiger partial charge in [0.05, 0.1) is 37.2 Å². The molecule has 0 fully saturated rings. The van der Waals surface area contributed by atoms with Crippen molar-refractivity contribution >= 4 is 64.0 Å². The fraction of sp³-hybridized carbons (Fsp3) is 0.0769. The third-order valence-corrected chi connectivity index (χ3v) is 4.92. The Bertz CT molecular complexity index is 704. The second-order valence-corrected chi connectivity index (χ2v) is 5.94. The van der Waals surface area contributed by atoms with Gasteiger partial charge in [0, 0.05) is 11.8 Å². The zero-order valence-corrected chi connectivity index (χ0v) is 13.9. The Morgan fingerprint density at radius 1 is 1.00 bits per heavy atom. The molecule has 0 unspecified atom stereocenters. The first-order valence-corrected chi connectivity index (χ1v) is 7.40. The molecule has 0 amide bonds. The quantitative estimate of drug-likeness (QED) is 0.549. The summed E-state index contributed by atoms with van der Waals surface area (Å²) in [6.45, 7) is 0. The Morgan fingerprint density at radius 3 is 2.05 bits per heavy atom. The molecule has 2 aromatic rings. The van der Waals surface area contributed by atoms with Crippen LogP contribution in [0.25, 0.3) is 11.1 Å². The number of rotatable bonds is 3. The number of halogens is 5. The largest absolute Gasteiger partial charge is 0.481 e. The van der Waals surface area contributed by atoms with Crippen molar-refractivity contribution < 1.29 is 9.90 Å². The molecule has 0 radical (unpaired) electrons. The number of aromatic nitrogens is 1. The van der Waals surface area contributed by atoms with Crippen LogP contribution in [0.1, 0.15) is 5.69 Å². The van der Waals surface area contributed by atoms with Gasteiger partial charge in [0.25, 0.3) is 0 Å². The van der Waals surface area contributed by atoms with Gasteiger partial charge in [0.15, 0.2) is 0 Å². The molecule has 0 aliphatic heterocycles. The summed E-state index contributed by atoms with van der Waals surface area (Å²) < 4.78 is 0. The molecule has 110 valence electrons. The molecule has 8 heteroatoms. The summed E-state index contributed by atoms with van der Waals surface area (Å²) in [4.78, 5) is 14.7. The van der Waals surface area contributed by atoms with Crippen LogP contribution in [0, 0.1) is 0 Å². The maximum absolute atomic E-state index is 10.8. The maximum atomic E-state index is 10.8. The minimum Gasteiger partial charge on any atom is -0.481 e. The lowest BCUT2D eigenvalue weighted by atomic mass is 10.0. The highest BCUT2D eigenvalue weighted by molar-refractivity contribution is 6.56. The molecule has 0 atom stereocenters. The van der Waals surface area contributed by atoms with Gasteiger partial charge in [0.2, 0.25) is 0 Å². The van der Waals surface area contributed by atoms with Crippen LogP contribution in [0.2, 0.25) is 25.1 Å². The molecule has 1 N–H and O–H groups in total. The molecular weight excluding hydrogens is 379 g/mol. The van der Waals surface area contributed by atoms with Gasteiger partial charge in [-0.05, 0) is 17.7 Å². The van der Waals surface area contributed by atoms with Crippen molar-refractivity contribution in [3.05, 3.63) is 49.1 Å². The van der Waals surface area contributed by atoms with Crippen LogP contribution in [0.4, 0.5) is 0 Å². The standard InChI is InChI=1S/C13H6Cl5NO2/c14-9-8(10(15)12(17)13(18)11(9)16)5-1-2-19-6(3-5)4-7(20)21/h1-3H,4H2,(H,20,21). The Morgan fingerprint density at radius 2 is 1.52 bits per heavy atom. The SMILES string of the molecule is O=C(O)Cc1cc(-c2c(Cl)c(Cl)c(Cl)c(Cl)c2Cl)ccn1. The van der Waals surface area contributed by atoms with Gasteiger partial charge < -0.3 is 5.11 Å². The minimum atomic E-state index is -0.996. The molecule has 0 saturated heterocycles. The summed E-state index contributed by atoms with van der Waals surface area (Å²) in [5.74, 6) is -0.996.